The van der Waals surface area contributed by atoms with Crippen LogP contribution in [-0.2, 0) is 21.2 Å². The van der Waals surface area contributed by atoms with Crippen LogP contribution < -0.4 is 10.6 Å². The van der Waals surface area contributed by atoms with Crippen LogP contribution in [0.3, 0.4) is 0 Å². The lowest BCUT2D eigenvalue weighted by Crippen LogP contribution is -2.31. The standard InChI is InChI=1S/C23H29N3O4S/c1-24-23(28)19-9-11-20(12-10-19)25-22(27)15-8-18-6-13-21(14-7-18)31(29,30)26-16-4-2-3-5-17-26/h6-7,9-14H,2-5,8,15-17H2,1H3,(H,24,28)(H,25,27). The molecule has 2 aromatic rings. The van der Waals surface area contributed by atoms with Gasteiger partial charge in [0.15, 0.2) is 0 Å². The average molecular weight is 444 g/mol. The fourth-order valence-corrected chi connectivity index (χ4v) is 5.11. The Bertz CT molecular complexity index is 994. The number of hydrogen-bond donors (Lipinski definition) is 2. The molecule has 0 aromatic heterocycles. The van der Waals surface area contributed by atoms with Gasteiger partial charge in [0.1, 0.15) is 0 Å². The first-order chi connectivity index (χ1) is 14.9. The molecule has 0 saturated carbocycles. The Hall–Kier alpha value is -2.71. The number of carbonyl (C=O) groups excluding carboxylic acids is 2. The topological polar surface area (TPSA) is 95.6 Å². The van der Waals surface area contributed by atoms with Crippen LogP contribution in [0, 0.1) is 0 Å². The molecular formula is C23H29N3O4S. The van der Waals surface area contributed by atoms with Crippen LogP contribution >= 0.6 is 0 Å². The van der Waals surface area contributed by atoms with Gasteiger partial charge < -0.3 is 10.6 Å². The number of nitrogens with zero attached hydrogens (tertiary/aromatic N) is 1. The Labute approximate surface area is 183 Å². The predicted octanol–water partition coefficient (Wildman–Crippen LogP) is 3.18. The lowest BCUT2D eigenvalue weighted by Gasteiger charge is -2.20. The molecule has 0 bridgehead atoms. The molecule has 3 rings (SSSR count). The van der Waals surface area contributed by atoms with Crippen LogP contribution in [0.1, 0.15) is 48.0 Å². The van der Waals surface area contributed by atoms with Gasteiger partial charge in [0.2, 0.25) is 15.9 Å². The van der Waals surface area contributed by atoms with E-state index in [-0.39, 0.29) is 18.2 Å². The summed E-state index contributed by atoms with van der Waals surface area (Å²) in [5.41, 5.74) is 2.05. The van der Waals surface area contributed by atoms with Crippen molar-refractivity contribution in [3.63, 3.8) is 0 Å². The number of aryl methyl sites for hydroxylation is 1. The molecule has 1 fully saturated rings. The van der Waals surface area contributed by atoms with Crippen LogP contribution in [0.15, 0.2) is 53.4 Å². The summed E-state index contributed by atoms with van der Waals surface area (Å²) in [6.07, 6.45) is 4.74. The number of hydrogen-bond acceptors (Lipinski definition) is 4. The number of amides is 2. The Balaban J connectivity index is 1.54. The van der Waals surface area contributed by atoms with E-state index < -0.39 is 10.0 Å². The third kappa shape index (κ3) is 6.15. The summed E-state index contributed by atoms with van der Waals surface area (Å²) < 4.78 is 27.3. The van der Waals surface area contributed by atoms with E-state index in [4.69, 9.17) is 0 Å². The fraction of sp³-hybridized carbons (Fsp3) is 0.391. The SMILES string of the molecule is CNC(=O)c1ccc(NC(=O)CCc2ccc(S(=O)(=O)N3CCCCCC3)cc2)cc1. The second kappa shape index (κ2) is 10.5. The van der Waals surface area contributed by atoms with Crippen LogP contribution in [0.25, 0.3) is 0 Å². The molecule has 1 aliphatic rings. The molecule has 0 unspecified atom stereocenters. The van der Waals surface area contributed by atoms with Crippen molar-refractivity contribution < 1.29 is 18.0 Å². The Morgan fingerprint density at radius 2 is 1.52 bits per heavy atom. The third-order valence-electron chi connectivity index (χ3n) is 5.42. The van der Waals surface area contributed by atoms with E-state index in [0.29, 0.717) is 35.7 Å². The zero-order chi connectivity index (χ0) is 22.3. The minimum absolute atomic E-state index is 0.144. The minimum Gasteiger partial charge on any atom is -0.355 e. The number of carbonyl (C=O) groups is 2. The van der Waals surface area contributed by atoms with Crippen molar-refractivity contribution in [3.05, 3.63) is 59.7 Å². The molecule has 1 heterocycles. The number of rotatable bonds is 7. The van der Waals surface area contributed by atoms with Gasteiger partial charge in [-0.2, -0.15) is 4.31 Å². The van der Waals surface area contributed by atoms with Gasteiger partial charge in [-0.15, -0.1) is 0 Å². The van der Waals surface area contributed by atoms with Crippen LogP contribution in [0.4, 0.5) is 5.69 Å². The summed E-state index contributed by atoms with van der Waals surface area (Å²) in [5.74, 6) is -0.326. The molecule has 166 valence electrons. The number of anilines is 1. The second-order valence-corrected chi connectivity index (χ2v) is 9.60. The van der Waals surface area contributed by atoms with Gasteiger partial charge in [0.25, 0.3) is 5.91 Å². The summed E-state index contributed by atoms with van der Waals surface area (Å²) in [7, 11) is -1.90. The van der Waals surface area contributed by atoms with Crippen molar-refractivity contribution in [1.82, 2.24) is 9.62 Å². The molecule has 31 heavy (non-hydrogen) atoms. The quantitative estimate of drug-likeness (QED) is 0.687. The van der Waals surface area contributed by atoms with E-state index in [0.717, 1.165) is 31.2 Å². The highest BCUT2D eigenvalue weighted by Gasteiger charge is 2.24. The first-order valence-electron chi connectivity index (χ1n) is 10.6. The fourth-order valence-electron chi connectivity index (χ4n) is 3.59. The Kier molecular flexibility index (Phi) is 7.81. The van der Waals surface area contributed by atoms with Crippen molar-refractivity contribution in [2.24, 2.45) is 0 Å². The van der Waals surface area contributed by atoms with Gasteiger partial charge in [-0.3, -0.25) is 9.59 Å². The van der Waals surface area contributed by atoms with E-state index in [1.54, 1.807) is 59.9 Å². The van der Waals surface area contributed by atoms with E-state index in [9.17, 15) is 18.0 Å². The highest BCUT2D eigenvalue weighted by atomic mass is 32.2. The highest BCUT2D eigenvalue weighted by Crippen LogP contribution is 2.21. The van der Waals surface area contributed by atoms with Gasteiger partial charge >= 0.3 is 0 Å². The lowest BCUT2D eigenvalue weighted by molar-refractivity contribution is -0.116. The number of benzene rings is 2. The van der Waals surface area contributed by atoms with E-state index >= 15 is 0 Å². The van der Waals surface area contributed by atoms with E-state index in [1.165, 1.54) is 0 Å². The second-order valence-electron chi connectivity index (χ2n) is 7.67. The number of nitrogens with one attached hydrogen (secondary N) is 2. The van der Waals surface area contributed by atoms with Gasteiger partial charge in [0.05, 0.1) is 4.90 Å². The monoisotopic (exact) mass is 443 g/mol. The molecular weight excluding hydrogens is 414 g/mol. The molecule has 0 spiro atoms. The van der Waals surface area contributed by atoms with Crippen molar-refractivity contribution >= 4 is 27.5 Å². The summed E-state index contributed by atoms with van der Waals surface area (Å²) in [5, 5.41) is 5.36. The van der Waals surface area contributed by atoms with E-state index in [1.807, 2.05) is 0 Å². The summed E-state index contributed by atoms with van der Waals surface area (Å²) in [4.78, 5) is 24.1. The first kappa shape index (κ1) is 23.0. The molecule has 7 nitrogen and oxygen atoms in total. The highest BCUT2D eigenvalue weighted by molar-refractivity contribution is 7.89. The summed E-state index contributed by atoms with van der Waals surface area (Å²) in [6, 6.07) is 13.5. The Morgan fingerprint density at radius 3 is 2.10 bits per heavy atom. The van der Waals surface area contributed by atoms with Crippen LogP contribution in [-0.4, -0.2) is 44.7 Å². The van der Waals surface area contributed by atoms with Crippen molar-refractivity contribution in [1.29, 1.82) is 0 Å². The van der Waals surface area contributed by atoms with Crippen molar-refractivity contribution in [3.8, 4) is 0 Å². The lowest BCUT2D eigenvalue weighted by atomic mass is 10.1. The van der Waals surface area contributed by atoms with Crippen LogP contribution in [0.5, 0.6) is 0 Å². The zero-order valence-corrected chi connectivity index (χ0v) is 18.6. The van der Waals surface area contributed by atoms with Crippen LogP contribution in [0.2, 0.25) is 0 Å². The van der Waals surface area contributed by atoms with Crippen molar-refractivity contribution in [2.45, 2.75) is 43.4 Å². The van der Waals surface area contributed by atoms with Gasteiger partial charge in [0, 0.05) is 37.8 Å². The van der Waals surface area contributed by atoms with E-state index in [2.05, 4.69) is 10.6 Å². The molecule has 2 amide bonds. The summed E-state index contributed by atoms with van der Waals surface area (Å²) >= 11 is 0. The normalized spacial score (nSPS) is 15.1. The van der Waals surface area contributed by atoms with Gasteiger partial charge in [-0.1, -0.05) is 25.0 Å². The third-order valence-corrected chi connectivity index (χ3v) is 7.34. The molecule has 0 atom stereocenters. The molecule has 2 N–H and O–H groups in total. The maximum absolute atomic E-state index is 12.8. The van der Waals surface area contributed by atoms with Gasteiger partial charge in [-0.25, -0.2) is 8.42 Å². The molecule has 1 saturated heterocycles. The van der Waals surface area contributed by atoms with Gasteiger partial charge in [-0.05, 0) is 61.2 Å². The number of sulfonamides is 1. The zero-order valence-electron chi connectivity index (χ0n) is 17.8. The largest absolute Gasteiger partial charge is 0.355 e. The molecule has 2 aromatic carbocycles. The first-order valence-corrected chi connectivity index (χ1v) is 12.1. The molecule has 0 radical (unpaired) electrons. The Morgan fingerprint density at radius 1 is 0.903 bits per heavy atom. The molecule has 1 aliphatic heterocycles. The molecule has 8 heteroatoms. The minimum atomic E-state index is -3.46. The van der Waals surface area contributed by atoms with Crippen molar-refractivity contribution in [2.75, 3.05) is 25.5 Å². The average Bonchev–Trinajstić information content (AvgIpc) is 3.08. The summed E-state index contributed by atoms with van der Waals surface area (Å²) in [6.45, 7) is 1.16. The smallest absolute Gasteiger partial charge is 0.251 e. The maximum atomic E-state index is 12.8. The predicted molar refractivity (Wildman–Crippen MR) is 120 cm³/mol. The molecule has 0 aliphatic carbocycles. The maximum Gasteiger partial charge on any atom is 0.251 e.